The third-order valence-corrected chi connectivity index (χ3v) is 2.63. The highest BCUT2D eigenvalue weighted by Crippen LogP contribution is 2.30. The van der Waals surface area contributed by atoms with E-state index in [-0.39, 0.29) is 11.1 Å². The van der Waals surface area contributed by atoms with Gasteiger partial charge in [0, 0.05) is 5.39 Å². The third-order valence-electron chi connectivity index (χ3n) is 2.63. The lowest BCUT2D eigenvalue weighted by Gasteiger charge is -2.11. The van der Waals surface area contributed by atoms with Crippen molar-refractivity contribution in [1.29, 1.82) is 0 Å². The smallest absolute Gasteiger partial charge is 0.243 e. The first-order valence-corrected chi connectivity index (χ1v) is 4.83. The average molecular weight is 235 g/mol. The van der Waals surface area contributed by atoms with Crippen LogP contribution >= 0.6 is 0 Å². The number of alkyl halides is 3. The van der Waals surface area contributed by atoms with E-state index in [0.29, 0.717) is 16.5 Å². The number of hydrogen-bond donors (Lipinski definition) is 0. The maximum Gasteiger partial charge on any atom is 0.433 e. The van der Waals surface area contributed by atoms with Crippen LogP contribution in [-0.2, 0) is 6.18 Å². The van der Waals surface area contributed by atoms with Crippen molar-refractivity contribution in [2.45, 2.75) is 13.1 Å². The Morgan fingerprint density at radius 2 is 1.82 bits per heavy atom. The summed E-state index contributed by atoms with van der Waals surface area (Å²) in [5.74, 6) is 0. The largest absolute Gasteiger partial charge is 0.433 e. The first-order chi connectivity index (χ1) is 7.80. The minimum absolute atomic E-state index is 0.198. The molecule has 0 N–H and O–H groups in total. The second kappa shape index (κ2) is 3.72. The molecule has 1 aromatic carbocycles. The zero-order valence-corrected chi connectivity index (χ0v) is 8.97. The molecule has 0 saturated carbocycles. The standard InChI is InChI=1S/C13H8F3N/c1-7-6-11-10(9(3)8(7)2)4-5-12(17-11)13(14,15)16/h1-2,4-6H,3H3. The van der Waals surface area contributed by atoms with Crippen LogP contribution in [0.15, 0.2) is 18.2 Å². The predicted molar refractivity (Wildman–Crippen MR) is 58.3 cm³/mol. The Hall–Kier alpha value is -1.58. The topological polar surface area (TPSA) is 12.9 Å². The highest BCUT2D eigenvalue weighted by atomic mass is 19.4. The number of benzene rings is 1. The molecular weight excluding hydrogens is 227 g/mol. The molecular formula is C13H8F3N. The van der Waals surface area contributed by atoms with Gasteiger partial charge < -0.3 is 0 Å². The molecule has 0 saturated heterocycles. The van der Waals surface area contributed by atoms with Gasteiger partial charge in [-0.2, -0.15) is 13.2 Å². The van der Waals surface area contributed by atoms with E-state index in [9.17, 15) is 13.2 Å². The van der Waals surface area contributed by atoms with Crippen molar-refractivity contribution in [3.05, 3.63) is 54.4 Å². The summed E-state index contributed by atoms with van der Waals surface area (Å²) in [6.45, 7) is 13.0. The quantitative estimate of drug-likeness (QED) is 0.678. The predicted octanol–water partition coefficient (Wildman–Crippen LogP) is 3.68. The number of rotatable bonds is 0. The van der Waals surface area contributed by atoms with E-state index >= 15 is 0 Å². The maximum absolute atomic E-state index is 12.5. The minimum Gasteiger partial charge on any atom is -0.243 e. The van der Waals surface area contributed by atoms with Gasteiger partial charge in [0.05, 0.1) is 5.52 Å². The SMILES string of the molecule is [CH]c1cc2nc(C(F)(F)F)ccc2c(C)c1[CH]. The van der Waals surface area contributed by atoms with Crippen LogP contribution in [0.25, 0.3) is 10.9 Å². The van der Waals surface area contributed by atoms with Gasteiger partial charge in [0.2, 0.25) is 0 Å². The summed E-state index contributed by atoms with van der Waals surface area (Å²) in [5.41, 5.74) is 0.514. The highest BCUT2D eigenvalue weighted by Gasteiger charge is 2.32. The molecule has 2 aromatic rings. The Kier molecular flexibility index (Phi) is 2.60. The molecule has 17 heavy (non-hydrogen) atoms. The van der Waals surface area contributed by atoms with Gasteiger partial charge in [-0.05, 0) is 49.6 Å². The van der Waals surface area contributed by atoms with Crippen molar-refractivity contribution in [3.8, 4) is 0 Å². The molecule has 0 spiro atoms. The molecule has 0 fully saturated rings. The van der Waals surface area contributed by atoms with Gasteiger partial charge in [-0.25, -0.2) is 4.98 Å². The number of hydrogen-bond acceptors (Lipinski definition) is 1. The van der Waals surface area contributed by atoms with Crippen LogP contribution in [0.1, 0.15) is 22.4 Å². The molecule has 4 heteroatoms. The van der Waals surface area contributed by atoms with Crippen molar-refractivity contribution in [2.24, 2.45) is 0 Å². The monoisotopic (exact) mass is 235 g/mol. The summed E-state index contributed by atoms with van der Waals surface area (Å²) < 4.78 is 37.4. The number of aryl methyl sites for hydroxylation is 1. The lowest BCUT2D eigenvalue weighted by atomic mass is 9.99. The molecule has 86 valence electrons. The number of halogens is 3. The lowest BCUT2D eigenvalue weighted by molar-refractivity contribution is -0.140. The van der Waals surface area contributed by atoms with Crippen molar-refractivity contribution in [3.63, 3.8) is 0 Å². The fourth-order valence-electron chi connectivity index (χ4n) is 1.65. The second-order valence-corrected chi connectivity index (χ2v) is 3.77. The van der Waals surface area contributed by atoms with Crippen LogP contribution in [0.3, 0.4) is 0 Å². The van der Waals surface area contributed by atoms with E-state index in [2.05, 4.69) is 4.98 Å². The van der Waals surface area contributed by atoms with E-state index in [1.807, 2.05) is 0 Å². The van der Waals surface area contributed by atoms with Gasteiger partial charge >= 0.3 is 6.18 Å². The van der Waals surface area contributed by atoms with Gasteiger partial charge in [0.25, 0.3) is 0 Å². The summed E-state index contributed by atoms with van der Waals surface area (Å²) in [6, 6.07) is 3.65. The van der Waals surface area contributed by atoms with E-state index in [0.717, 1.165) is 6.07 Å². The Bertz CT molecular complexity index is 585. The fourth-order valence-corrected chi connectivity index (χ4v) is 1.65. The zero-order valence-electron chi connectivity index (χ0n) is 8.97. The Morgan fingerprint density at radius 1 is 1.18 bits per heavy atom. The number of nitrogens with zero attached hydrogens (tertiary/aromatic N) is 1. The number of pyridine rings is 1. The van der Waals surface area contributed by atoms with Crippen molar-refractivity contribution < 1.29 is 13.2 Å². The summed E-state index contributed by atoms with van der Waals surface area (Å²) in [6.07, 6.45) is -4.46. The van der Waals surface area contributed by atoms with E-state index in [4.69, 9.17) is 13.8 Å². The molecule has 0 aliphatic carbocycles. The van der Waals surface area contributed by atoms with Gasteiger partial charge in [0.15, 0.2) is 0 Å². The van der Waals surface area contributed by atoms with Crippen molar-refractivity contribution in [2.75, 3.05) is 0 Å². The van der Waals surface area contributed by atoms with Crippen LogP contribution in [0, 0.1) is 20.8 Å². The van der Waals surface area contributed by atoms with E-state index in [1.54, 1.807) is 6.92 Å². The van der Waals surface area contributed by atoms with Crippen LogP contribution in [0.2, 0.25) is 0 Å². The van der Waals surface area contributed by atoms with Crippen LogP contribution < -0.4 is 0 Å². The molecule has 1 aromatic heterocycles. The normalized spacial score (nSPS) is 12.1. The van der Waals surface area contributed by atoms with Crippen molar-refractivity contribution >= 4 is 10.9 Å². The van der Waals surface area contributed by atoms with Gasteiger partial charge in [0.1, 0.15) is 5.69 Å². The Labute approximate surface area is 97.3 Å². The van der Waals surface area contributed by atoms with E-state index in [1.165, 1.54) is 12.1 Å². The fraction of sp³-hybridized carbons (Fsp3) is 0.154. The maximum atomic E-state index is 12.5. The lowest BCUT2D eigenvalue weighted by Crippen LogP contribution is -2.08. The van der Waals surface area contributed by atoms with Gasteiger partial charge in [-0.15, -0.1) is 0 Å². The molecule has 0 atom stereocenters. The zero-order chi connectivity index (χ0) is 12.8. The molecule has 4 radical (unpaired) electrons. The number of fused-ring (bicyclic) bond motifs is 1. The molecule has 0 unspecified atom stereocenters. The molecule has 1 nitrogen and oxygen atoms in total. The first-order valence-electron chi connectivity index (χ1n) is 4.83. The highest BCUT2D eigenvalue weighted by molar-refractivity contribution is 5.85. The van der Waals surface area contributed by atoms with Crippen molar-refractivity contribution in [1.82, 2.24) is 4.98 Å². The molecule has 0 aliphatic rings. The summed E-state index contributed by atoms with van der Waals surface area (Å²) in [5, 5.41) is 0.574. The van der Waals surface area contributed by atoms with Gasteiger partial charge in [-0.1, -0.05) is 6.07 Å². The second-order valence-electron chi connectivity index (χ2n) is 3.77. The first kappa shape index (κ1) is 11.9. The van der Waals surface area contributed by atoms with Crippen LogP contribution in [-0.4, -0.2) is 4.98 Å². The Balaban J connectivity index is 2.76. The minimum atomic E-state index is -4.46. The number of aromatic nitrogens is 1. The van der Waals surface area contributed by atoms with Crippen LogP contribution in [0.5, 0.6) is 0 Å². The summed E-state index contributed by atoms with van der Waals surface area (Å²) in [7, 11) is 0. The summed E-state index contributed by atoms with van der Waals surface area (Å²) >= 11 is 0. The van der Waals surface area contributed by atoms with E-state index < -0.39 is 11.9 Å². The molecule has 0 bridgehead atoms. The summed E-state index contributed by atoms with van der Waals surface area (Å²) in [4.78, 5) is 3.55. The molecule has 0 amide bonds. The molecule has 2 rings (SSSR count). The Morgan fingerprint density at radius 3 is 2.41 bits per heavy atom. The average Bonchev–Trinajstić information content (AvgIpc) is 2.24. The third kappa shape index (κ3) is 1.99. The van der Waals surface area contributed by atoms with Gasteiger partial charge in [-0.3, -0.25) is 0 Å². The molecule has 1 heterocycles. The van der Waals surface area contributed by atoms with Crippen LogP contribution in [0.4, 0.5) is 13.2 Å². The molecule has 0 aliphatic heterocycles.